The van der Waals surface area contributed by atoms with Crippen LogP contribution in [0.3, 0.4) is 0 Å². The number of ether oxygens (including phenoxy) is 1. The third kappa shape index (κ3) is 20.8. The average Bonchev–Trinajstić information content (AvgIpc) is 2.69. The van der Waals surface area contributed by atoms with Crippen LogP contribution in [0, 0.1) is 0 Å². The Labute approximate surface area is 177 Å². The van der Waals surface area contributed by atoms with Crippen LogP contribution in [0.25, 0.3) is 0 Å². The van der Waals surface area contributed by atoms with E-state index in [1.165, 1.54) is 0 Å². The predicted molar refractivity (Wildman–Crippen MR) is 127 cm³/mol. The van der Waals surface area contributed by atoms with Crippen molar-refractivity contribution in [2.75, 3.05) is 12.4 Å². The molecule has 0 aliphatic heterocycles. The van der Waals surface area contributed by atoms with E-state index in [1.54, 1.807) is 0 Å². The van der Waals surface area contributed by atoms with Crippen LogP contribution in [0.15, 0.2) is 60.8 Å². The highest BCUT2D eigenvalue weighted by Gasteiger charge is 2.05. The van der Waals surface area contributed by atoms with E-state index in [1.807, 2.05) is 11.8 Å². The number of thioether (sulfide) groups is 1. The topological polar surface area (TPSA) is 26.3 Å². The van der Waals surface area contributed by atoms with Gasteiger partial charge in [-0.25, -0.2) is 0 Å². The number of carbonyl (C=O) groups excluding carboxylic acids is 1. The lowest BCUT2D eigenvalue weighted by molar-refractivity contribution is -0.143. The number of hydrogen-bond acceptors (Lipinski definition) is 3. The molecule has 3 heteroatoms. The van der Waals surface area contributed by atoms with E-state index >= 15 is 0 Å². The van der Waals surface area contributed by atoms with Crippen LogP contribution in [-0.4, -0.2) is 23.6 Å². The van der Waals surface area contributed by atoms with Crippen LogP contribution in [0.4, 0.5) is 0 Å². The summed E-state index contributed by atoms with van der Waals surface area (Å²) in [5.41, 5.74) is 0. The van der Waals surface area contributed by atoms with Crippen molar-refractivity contribution in [1.82, 2.24) is 0 Å². The first-order chi connectivity index (χ1) is 13.7. The first kappa shape index (κ1) is 26.5. The Hall–Kier alpha value is -1.48. The van der Waals surface area contributed by atoms with Gasteiger partial charge in [-0.1, -0.05) is 74.6 Å². The quantitative estimate of drug-likeness (QED) is 0.142. The molecule has 0 spiro atoms. The molecule has 0 heterocycles. The molecule has 0 rings (SSSR count). The lowest BCUT2D eigenvalue weighted by Gasteiger charge is -2.09. The molecule has 28 heavy (non-hydrogen) atoms. The maximum absolute atomic E-state index is 11.6. The minimum Gasteiger partial charge on any atom is -0.464 e. The Bertz CT molecular complexity index is 501. The standard InChI is InChI=1S/C25H40O2S/c1-4-6-7-8-9-10-11-12-13-14-15-16-17-18-19-20-21-22-25(26)27-23-24(3)28-5-2/h6-7,9-10,12-13,15-16,19-20,24H,4-5,8,11,14,17-18,21-23H2,1-3H3/b7-6-,10-9-,13-12-,16-15-,20-19+. The first-order valence-electron chi connectivity index (χ1n) is 10.7. The fourth-order valence-electron chi connectivity index (χ4n) is 2.34. The van der Waals surface area contributed by atoms with Crippen LogP contribution in [-0.2, 0) is 9.53 Å². The van der Waals surface area contributed by atoms with E-state index in [0.717, 1.165) is 50.7 Å². The summed E-state index contributed by atoms with van der Waals surface area (Å²) in [7, 11) is 0. The Balaban J connectivity index is 3.54. The SMILES string of the molecule is CC/C=C\C/C=C\C/C=C\C/C=C\CC/C=C/CCC(=O)OCC(C)SCC. The molecule has 158 valence electrons. The Morgan fingerprint density at radius 2 is 1.29 bits per heavy atom. The molecule has 1 unspecified atom stereocenters. The van der Waals surface area contributed by atoms with Gasteiger partial charge in [-0.15, -0.1) is 0 Å². The Morgan fingerprint density at radius 3 is 1.86 bits per heavy atom. The van der Waals surface area contributed by atoms with Gasteiger partial charge in [0.05, 0.1) is 0 Å². The second-order valence-corrected chi connectivity index (χ2v) is 8.25. The largest absolute Gasteiger partial charge is 0.464 e. The van der Waals surface area contributed by atoms with E-state index in [2.05, 4.69) is 81.5 Å². The van der Waals surface area contributed by atoms with E-state index in [9.17, 15) is 4.79 Å². The van der Waals surface area contributed by atoms with Gasteiger partial charge in [-0.05, 0) is 57.6 Å². The fourth-order valence-corrected chi connectivity index (χ4v) is 3.08. The molecule has 0 radical (unpaired) electrons. The van der Waals surface area contributed by atoms with Crippen LogP contribution >= 0.6 is 11.8 Å². The molecule has 0 aliphatic rings. The molecule has 1 atom stereocenters. The van der Waals surface area contributed by atoms with Crippen molar-refractivity contribution < 1.29 is 9.53 Å². The second kappa shape index (κ2) is 21.8. The van der Waals surface area contributed by atoms with Gasteiger partial charge < -0.3 is 4.74 Å². The average molecular weight is 405 g/mol. The first-order valence-corrected chi connectivity index (χ1v) is 11.8. The Kier molecular flexibility index (Phi) is 20.7. The summed E-state index contributed by atoms with van der Waals surface area (Å²) >= 11 is 1.82. The van der Waals surface area contributed by atoms with Gasteiger partial charge in [-0.3, -0.25) is 4.79 Å². The third-order valence-electron chi connectivity index (χ3n) is 3.83. The normalized spacial score (nSPS) is 13.7. The van der Waals surface area contributed by atoms with Gasteiger partial charge in [-0.2, -0.15) is 11.8 Å². The van der Waals surface area contributed by atoms with Gasteiger partial charge in [0.1, 0.15) is 6.61 Å². The molecule has 0 saturated carbocycles. The molecule has 0 aromatic rings. The van der Waals surface area contributed by atoms with Crippen molar-refractivity contribution >= 4 is 17.7 Å². The van der Waals surface area contributed by atoms with Crippen LogP contribution in [0.2, 0.25) is 0 Å². The molecule has 0 bridgehead atoms. The van der Waals surface area contributed by atoms with Gasteiger partial charge >= 0.3 is 5.97 Å². The van der Waals surface area contributed by atoms with Crippen molar-refractivity contribution in [3.63, 3.8) is 0 Å². The summed E-state index contributed by atoms with van der Waals surface area (Å²) in [6, 6.07) is 0. The third-order valence-corrected chi connectivity index (χ3v) is 4.87. The maximum atomic E-state index is 11.6. The van der Waals surface area contributed by atoms with Gasteiger partial charge in [0.2, 0.25) is 0 Å². The smallest absolute Gasteiger partial charge is 0.306 e. The number of allylic oxidation sites excluding steroid dienone is 10. The molecular weight excluding hydrogens is 364 g/mol. The molecular formula is C25H40O2S. The molecule has 0 aliphatic carbocycles. The predicted octanol–water partition coefficient (Wildman–Crippen LogP) is 7.59. The number of hydrogen-bond donors (Lipinski definition) is 0. The number of esters is 1. The monoisotopic (exact) mass is 404 g/mol. The molecule has 0 fully saturated rings. The minimum atomic E-state index is -0.0906. The van der Waals surface area contributed by atoms with Gasteiger partial charge in [0, 0.05) is 11.7 Å². The summed E-state index contributed by atoms with van der Waals surface area (Å²) < 4.78 is 5.27. The van der Waals surface area contributed by atoms with Crippen molar-refractivity contribution in [1.29, 1.82) is 0 Å². The van der Waals surface area contributed by atoms with Crippen LogP contribution in [0.1, 0.15) is 72.1 Å². The molecule has 0 aromatic heterocycles. The van der Waals surface area contributed by atoms with Gasteiger partial charge in [0.25, 0.3) is 0 Å². The van der Waals surface area contributed by atoms with Gasteiger partial charge in [0.15, 0.2) is 0 Å². The van der Waals surface area contributed by atoms with Crippen LogP contribution < -0.4 is 0 Å². The Morgan fingerprint density at radius 1 is 0.786 bits per heavy atom. The van der Waals surface area contributed by atoms with Crippen molar-refractivity contribution in [2.24, 2.45) is 0 Å². The highest BCUT2D eigenvalue weighted by molar-refractivity contribution is 7.99. The number of unbranched alkanes of at least 4 members (excludes halogenated alkanes) is 1. The zero-order chi connectivity index (χ0) is 20.7. The number of carbonyl (C=O) groups is 1. The molecule has 0 N–H and O–H groups in total. The van der Waals surface area contributed by atoms with Crippen molar-refractivity contribution in [2.45, 2.75) is 77.4 Å². The summed E-state index contributed by atoms with van der Waals surface area (Å²) in [5, 5.41) is 0.385. The van der Waals surface area contributed by atoms with Crippen molar-refractivity contribution in [3.05, 3.63) is 60.8 Å². The minimum absolute atomic E-state index is 0.0906. The zero-order valence-corrected chi connectivity index (χ0v) is 19.0. The molecule has 2 nitrogen and oxygen atoms in total. The maximum Gasteiger partial charge on any atom is 0.306 e. The summed E-state index contributed by atoms with van der Waals surface area (Å²) in [6.07, 6.45) is 29.4. The van der Waals surface area contributed by atoms with Crippen molar-refractivity contribution in [3.8, 4) is 0 Å². The molecule has 0 aromatic carbocycles. The highest BCUT2D eigenvalue weighted by Crippen LogP contribution is 2.10. The van der Waals surface area contributed by atoms with E-state index < -0.39 is 0 Å². The van der Waals surface area contributed by atoms with E-state index in [4.69, 9.17) is 4.74 Å². The zero-order valence-electron chi connectivity index (χ0n) is 18.1. The van der Waals surface area contributed by atoms with Crippen LogP contribution in [0.5, 0.6) is 0 Å². The summed E-state index contributed by atoms with van der Waals surface area (Å²) in [5.74, 6) is 0.966. The second-order valence-electron chi connectivity index (χ2n) is 6.54. The lowest BCUT2D eigenvalue weighted by atomic mass is 10.2. The lowest BCUT2D eigenvalue weighted by Crippen LogP contribution is -2.13. The highest BCUT2D eigenvalue weighted by atomic mass is 32.2. The van der Waals surface area contributed by atoms with E-state index in [0.29, 0.717) is 18.3 Å². The van der Waals surface area contributed by atoms with E-state index in [-0.39, 0.29) is 5.97 Å². The number of rotatable bonds is 17. The molecule has 0 saturated heterocycles. The summed E-state index contributed by atoms with van der Waals surface area (Å²) in [6.45, 7) is 6.89. The molecule has 0 amide bonds. The summed E-state index contributed by atoms with van der Waals surface area (Å²) in [4.78, 5) is 11.6. The fraction of sp³-hybridized carbons (Fsp3) is 0.560.